The first-order chi connectivity index (χ1) is 7.17. The number of hydrogen-bond donors (Lipinski definition) is 2. The Kier molecular flexibility index (Phi) is 4.84. The third-order valence-electron chi connectivity index (χ3n) is 2.45. The molecule has 0 saturated carbocycles. The van der Waals surface area contributed by atoms with Crippen LogP contribution in [0.5, 0.6) is 0 Å². The number of anilines is 1. The second kappa shape index (κ2) is 5.92. The fraction of sp³-hybridized carbons (Fsp3) is 0.600. The van der Waals surface area contributed by atoms with Crippen molar-refractivity contribution >= 4 is 17.6 Å². The van der Waals surface area contributed by atoms with E-state index in [4.69, 9.17) is 5.73 Å². The van der Waals surface area contributed by atoms with Crippen LogP contribution in [-0.2, 0) is 0 Å². The molecule has 1 heterocycles. The third-order valence-corrected chi connectivity index (χ3v) is 3.09. The predicted octanol–water partition coefficient (Wildman–Crippen LogP) is 1.59. The number of nitrogens with one attached hydrogen (secondary N) is 1. The highest BCUT2D eigenvalue weighted by atomic mass is 32.2. The van der Waals surface area contributed by atoms with Gasteiger partial charge in [-0.3, -0.25) is 0 Å². The first kappa shape index (κ1) is 12.3. The van der Waals surface area contributed by atoms with E-state index in [0.717, 1.165) is 10.8 Å². The van der Waals surface area contributed by atoms with Crippen molar-refractivity contribution in [1.29, 1.82) is 0 Å². The van der Waals surface area contributed by atoms with Gasteiger partial charge in [-0.25, -0.2) is 9.97 Å². The molecule has 0 fully saturated rings. The molecule has 1 aromatic heterocycles. The van der Waals surface area contributed by atoms with Crippen LogP contribution in [0.15, 0.2) is 17.4 Å². The number of thioether (sulfide) groups is 1. The van der Waals surface area contributed by atoms with Crippen molar-refractivity contribution < 1.29 is 0 Å². The smallest absolute Gasteiger partial charge is 0.130 e. The maximum atomic E-state index is 5.61. The van der Waals surface area contributed by atoms with Gasteiger partial charge in [0, 0.05) is 12.1 Å². The quantitative estimate of drug-likeness (QED) is 0.589. The van der Waals surface area contributed by atoms with E-state index >= 15 is 0 Å². The number of rotatable bonds is 5. The lowest BCUT2D eigenvalue weighted by molar-refractivity contribution is 0.520. The Hall–Kier alpha value is -0.810. The Labute approximate surface area is 95.1 Å². The summed E-state index contributed by atoms with van der Waals surface area (Å²) >= 11 is 1.61. The van der Waals surface area contributed by atoms with Gasteiger partial charge < -0.3 is 11.1 Å². The summed E-state index contributed by atoms with van der Waals surface area (Å²) in [5.74, 6) is 1.29. The minimum absolute atomic E-state index is 0.319. The van der Waals surface area contributed by atoms with Crippen molar-refractivity contribution in [2.24, 2.45) is 11.7 Å². The first-order valence-corrected chi connectivity index (χ1v) is 6.22. The van der Waals surface area contributed by atoms with Crippen LogP contribution in [0.3, 0.4) is 0 Å². The lowest BCUT2D eigenvalue weighted by Gasteiger charge is -2.20. The molecule has 0 aliphatic rings. The molecule has 0 aliphatic carbocycles. The van der Waals surface area contributed by atoms with Crippen molar-refractivity contribution in [3.8, 4) is 0 Å². The highest BCUT2D eigenvalue weighted by Crippen LogP contribution is 2.15. The molecular formula is C10H18N4S. The van der Waals surface area contributed by atoms with Gasteiger partial charge in [-0.05, 0) is 25.6 Å². The summed E-state index contributed by atoms with van der Waals surface area (Å²) in [6.07, 6.45) is 3.58. The number of nitrogens with zero attached hydrogens (tertiary/aromatic N) is 2. The van der Waals surface area contributed by atoms with E-state index < -0.39 is 0 Å². The molecule has 0 bridgehead atoms. The third kappa shape index (κ3) is 3.68. The van der Waals surface area contributed by atoms with Gasteiger partial charge in [0.05, 0.1) is 0 Å². The van der Waals surface area contributed by atoms with E-state index in [2.05, 4.69) is 29.1 Å². The van der Waals surface area contributed by atoms with Crippen molar-refractivity contribution in [2.45, 2.75) is 24.9 Å². The van der Waals surface area contributed by atoms with Crippen LogP contribution in [-0.4, -0.2) is 28.8 Å². The molecule has 15 heavy (non-hydrogen) atoms. The monoisotopic (exact) mass is 226 g/mol. The Morgan fingerprint density at radius 3 is 2.80 bits per heavy atom. The molecule has 1 rings (SSSR count). The van der Waals surface area contributed by atoms with E-state index in [1.807, 2.05) is 12.3 Å². The summed E-state index contributed by atoms with van der Waals surface area (Å²) in [4.78, 5) is 8.28. The Morgan fingerprint density at radius 2 is 2.20 bits per heavy atom. The van der Waals surface area contributed by atoms with Crippen LogP contribution >= 0.6 is 11.8 Å². The van der Waals surface area contributed by atoms with Crippen LogP contribution in [0.2, 0.25) is 0 Å². The van der Waals surface area contributed by atoms with Crippen LogP contribution in [0.25, 0.3) is 0 Å². The second-order valence-electron chi connectivity index (χ2n) is 3.59. The number of nitrogens with two attached hydrogens (primary N) is 1. The SMILES string of the molecule is CSc1cc(NC(C)C(C)CN)ncn1. The second-order valence-corrected chi connectivity index (χ2v) is 4.42. The molecule has 0 spiro atoms. The Morgan fingerprint density at radius 1 is 1.47 bits per heavy atom. The summed E-state index contributed by atoms with van der Waals surface area (Å²) in [6.45, 7) is 4.90. The topological polar surface area (TPSA) is 63.8 Å². The maximum Gasteiger partial charge on any atom is 0.130 e. The summed E-state index contributed by atoms with van der Waals surface area (Å²) < 4.78 is 0. The van der Waals surface area contributed by atoms with E-state index in [-0.39, 0.29) is 0 Å². The van der Waals surface area contributed by atoms with E-state index in [1.165, 1.54) is 0 Å². The fourth-order valence-electron chi connectivity index (χ4n) is 1.11. The lowest BCUT2D eigenvalue weighted by Crippen LogP contribution is -2.29. The van der Waals surface area contributed by atoms with Gasteiger partial charge in [-0.1, -0.05) is 6.92 Å². The largest absolute Gasteiger partial charge is 0.367 e. The van der Waals surface area contributed by atoms with Gasteiger partial charge in [0.1, 0.15) is 17.2 Å². The van der Waals surface area contributed by atoms with Crippen LogP contribution in [0.1, 0.15) is 13.8 Å². The number of aromatic nitrogens is 2. The van der Waals surface area contributed by atoms with Crippen molar-refractivity contribution in [3.63, 3.8) is 0 Å². The molecule has 0 saturated heterocycles. The molecule has 4 nitrogen and oxygen atoms in total. The van der Waals surface area contributed by atoms with Crippen LogP contribution in [0.4, 0.5) is 5.82 Å². The molecule has 5 heteroatoms. The standard InChI is InChI=1S/C10H18N4S/c1-7(5-11)8(2)14-9-4-10(15-3)13-6-12-9/h4,6-8H,5,11H2,1-3H3,(H,12,13,14). The summed E-state index contributed by atoms with van der Waals surface area (Å²) in [6, 6.07) is 2.27. The van der Waals surface area contributed by atoms with Gasteiger partial charge in [0.15, 0.2) is 0 Å². The first-order valence-electron chi connectivity index (χ1n) is 5.00. The van der Waals surface area contributed by atoms with E-state index in [0.29, 0.717) is 18.5 Å². The highest BCUT2D eigenvalue weighted by Gasteiger charge is 2.10. The minimum Gasteiger partial charge on any atom is -0.367 e. The molecule has 2 unspecified atom stereocenters. The molecule has 1 aromatic rings. The van der Waals surface area contributed by atoms with Gasteiger partial charge in [0.25, 0.3) is 0 Å². The zero-order valence-electron chi connectivity index (χ0n) is 9.40. The van der Waals surface area contributed by atoms with Crippen LogP contribution < -0.4 is 11.1 Å². The van der Waals surface area contributed by atoms with E-state index in [9.17, 15) is 0 Å². The molecule has 84 valence electrons. The Bertz CT molecular complexity index is 305. The predicted molar refractivity (Wildman–Crippen MR) is 65.1 cm³/mol. The lowest BCUT2D eigenvalue weighted by atomic mass is 10.0. The minimum atomic E-state index is 0.319. The molecule has 0 amide bonds. The highest BCUT2D eigenvalue weighted by molar-refractivity contribution is 7.98. The van der Waals surface area contributed by atoms with Crippen molar-refractivity contribution in [1.82, 2.24) is 9.97 Å². The fourth-order valence-corrected chi connectivity index (χ4v) is 1.49. The van der Waals surface area contributed by atoms with Crippen LogP contribution in [0, 0.1) is 5.92 Å². The summed E-state index contributed by atoms with van der Waals surface area (Å²) in [5.41, 5.74) is 5.61. The average molecular weight is 226 g/mol. The zero-order chi connectivity index (χ0) is 11.3. The normalized spacial score (nSPS) is 14.7. The Balaban J connectivity index is 2.63. The van der Waals surface area contributed by atoms with Crippen molar-refractivity contribution in [2.75, 3.05) is 18.1 Å². The molecule has 0 aliphatic heterocycles. The van der Waals surface area contributed by atoms with Crippen molar-refractivity contribution in [3.05, 3.63) is 12.4 Å². The van der Waals surface area contributed by atoms with Gasteiger partial charge in [-0.2, -0.15) is 0 Å². The molecule has 0 aromatic carbocycles. The molecular weight excluding hydrogens is 208 g/mol. The van der Waals surface area contributed by atoms with E-state index in [1.54, 1.807) is 18.1 Å². The zero-order valence-corrected chi connectivity index (χ0v) is 10.2. The molecule has 2 atom stereocenters. The summed E-state index contributed by atoms with van der Waals surface area (Å²) in [7, 11) is 0. The van der Waals surface area contributed by atoms with Gasteiger partial charge >= 0.3 is 0 Å². The molecule has 3 N–H and O–H groups in total. The number of hydrogen-bond acceptors (Lipinski definition) is 5. The summed E-state index contributed by atoms with van der Waals surface area (Å²) in [5, 5.41) is 4.30. The van der Waals surface area contributed by atoms with Gasteiger partial charge in [0.2, 0.25) is 0 Å². The maximum absolute atomic E-state index is 5.61. The molecule has 0 radical (unpaired) electrons. The van der Waals surface area contributed by atoms with Gasteiger partial charge in [-0.15, -0.1) is 11.8 Å². The average Bonchev–Trinajstić information content (AvgIpc) is 2.28.